The average molecular weight is 536 g/mol. The molecule has 1 atom stereocenters. The number of ether oxygens (including phenoxy) is 3. The van der Waals surface area contributed by atoms with Crippen LogP contribution in [0.5, 0.6) is 11.5 Å². The third-order valence-corrected chi connectivity index (χ3v) is 6.97. The van der Waals surface area contributed by atoms with Crippen LogP contribution in [-0.2, 0) is 14.3 Å². The number of Topliss-reactive ketones (excluding diaryl/α,β-unsaturated/α-hetero) is 1. The fourth-order valence-electron chi connectivity index (χ4n) is 4.94. The van der Waals surface area contributed by atoms with Crippen molar-refractivity contribution in [3.8, 4) is 11.5 Å². The molecule has 1 amide bonds. The number of carbonyl (C=O) groups is 2. The summed E-state index contributed by atoms with van der Waals surface area (Å²) in [5, 5.41) is 11.6. The van der Waals surface area contributed by atoms with Gasteiger partial charge in [-0.25, -0.2) is 4.98 Å². The molecule has 0 bridgehead atoms. The zero-order valence-corrected chi connectivity index (χ0v) is 23.3. The number of fused-ring (bicyclic) bond motifs is 1. The largest absolute Gasteiger partial charge is 0.505 e. The maximum atomic E-state index is 13.4. The van der Waals surface area contributed by atoms with Gasteiger partial charge in [0.25, 0.3) is 11.7 Å². The Hall–Kier alpha value is -3.85. The van der Waals surface area contributed by atoms with Crippen molar-refractivity contribution in [1.82, 2.24) is 14.3 Å². The van der Waals surface area contributed by atoms with E-state index in [0.717, 1.165) is 24.8 Å². The molecule has 1 aliphatic rings. The molecule has 3 aromatic rings. The van der Waals surface area contributed by atoms with E-state index < -0.39 is 17.7 Å². The van der Waals surface area contributed by atoms with E-state index in [1.165, 1.54) is 12.0 Å². The Balaban J connectivity index is 1.84. The second-order valence-electron chi connectivity index (χ2n) is 9.61. The van der Waals surface area contributed by atoms with Crippen molar-refractivity contribution >= 4 is 23.1 Å². The number of aliphatic hydroxyl groups excluding tert-OH is 1. The van der Waals surface area contributed by atoms with Gasteiger partial charge in [-0.3, -0.25) is 9.59 Å². The molecule has 208 valence electrons. The number of nitrogens with zero attached hydrogens (tertiary/aromatic N) is 3. The predicted molar refractivity (Wildman–Crippen MR) is 148 cm³/mol. The SMILES string of the molecule is CCCCCOc1ccc(C2/C(=C(\O)c3nc4c(C)cccn4c3C)C(=O)C(=O)N2CCOC)cc1OCC. The third-order valence-electron chi connectivity index (χ3n) is 6.97. The van der Waals surface area contributed by atoms with Gasteiger partial charge >= 0.3 is 0 Å². The standard InChI is InChI=1S/C30H37N3O6/c1-6-8-9-16-39-22-13-12-21(18-23(22)38-7-2)26-24(28(35)30(36)33(26)15-17-37-5)27(34)25-20(4)32-14-10-11-19(3)29(32)31-25/h10-14,18,26,34H,6-9,15-17H2,1-5H3/b27-24+. The van der Waals surface area contributed by atoms with Crippen LogP contribution in [0.25, 0.3) is 11.4 Å². The molecule has 3 heterocycles. The summed E-state index contributed by atoms with van der Waals surface area (Å²) in [4.78, 5) is 32.7. The van der Waals surface area contributed by atoms with E-state index in [1.807, 2.05) is 49.6 Å². The summed E-state index contributed by atoms with van der Waals surface area (Å²) in [5.74, 6) is -0.661. The number of hydrogen-bond donors (Lipinski definition) is 1. The zero-order chi connectivity index (χ0) is 28.1. The van der Waals surface area contributed by atoms with Crippen molar-refractivity contribution in [2.45, 2.75) is 53.0 Å². The molecular weight excluding hydrogens is 498 g/mol. The molecule has 39 heavy (non-hydrogen) atoms. The highest BCUT2D eigenvalue weighted by Gasteiger charge is 2.46. The number of hydrogen-bond acceptors (Lipinski definition) is 7. The summed E-state index contributed by atoms with van der Waals surface area (Å²) in [6.45, 7) is 9.14. The van der Waals surface area contributed by atoms with Gasteiger partial charge in [-0.2, -0.15) is 0 Å². The molecule has 4 rings (SSSR count). The molecule has 1 fully saturated rings. The van der Waals surface area contributed by atoms with Crippen LogP contribution in [-0.4, -0.2) is 64.6 Å². The minimum absolute atomic E-state index is 0.0145. The Bertz CT molecular complexity index is 1390. The van der Waals surface area contributed by atoms with Crippen molar-refractivity contribution in [2.24, 2.45) is 0 Å². The van der Waals surface area contributed by atoms with E-state index >= 15 is 0 Å². The monoisotopic (exact) mass is 535 g/mol. The number of rotatable bonds is 12. The summed E-state index contributed by atoms with van der Waals surface area (Å²) in [5.41, 5.74) is 3.13. The predicted octanol–water partition coefficient (Wildman–Crippen LogP) is 4.99. The van der Waals surface area contributed by atoms with Gasteiger partial charge in [0.05, 0.1) is 37.1 Å². The van der Waals surface area contributed by atoms with Gasteiger partial charge in [0.15, 0.2) is 17.3 Å². The van der Waals surface area contributed by atoms with E-state index in [2.05, 4.69) is 11.9 Å². The molecule has 1 unspecified atom stereocenters. The number of aryl methyl sites for hydroxylation is 2. The van der Waals surface area contributed by atoms with Crippen LogP contribution in [0.1, 0.15) is 61.7 Å². The van der Waals surface area contributed by atoms with Gasteiger partial charge in [-0.1, -0.05) is 31.9 Å². The topological polar surface area (TPSA) is 103 Å². The van der Waals surface area contributed by atoms with E-state index in [0.29, 0.717) is 41.6 Å². The molecule has 0 radical (unpaired) electrons. The smallest absolute Gasteiger partial charge is 0.295 e. The number of pyridine rings is 1. The fourth-order valence-corrected chi connectivity index (χ4v) is 4.94. The molecule has 2 aromatic heterocycles. The highest BCUT2D eigenvalue weighted by Crippen LogP contribution is 2.42. The second-order valence-corrected chi connectivity index (χ2v) is 9.61. The van der Waals surface area contributed by atoms with Crippen molar-refractivity contribution in [3.05, 3.63) is 64.6 Å². The van der Waals surface area contributed by atoms with Crippen LogP contribution in [0.2, 0.25) is 0 Å². The number of unbranched alkanes of at least 4 members (excludes halogenated alkanes) is 2. The Kier molecular flexibility index (Phi) is 8.91. The van der Waals surface area contributed by atoms with Crippen LogP contribution in [0, 0.1) is 13.8 Å². The lowest BCUT2D eigenvalue weighted by Crippen LogP contribution is -2.32. The van der Waals surface area contributed by atoms with Crippen molar-refractivity contribution in [1.29, 1.82) is 0 Å². The second kappa shape index (κ2) is 12.3. The number of aliphatic hydroxyl groups is 1. The van der Waals surface area contributed by atoms with E-state index in [1.54, 1.807) is 12.1 Å². The first-order valence-electron chi connectivity index (χ1n) is 13.4. The normalized spacial score (nSPS) is 16.8. The highest BCUT2D eigenvalue weighted by molar-refractivity contribution is 6.46. The molecule has 9 heteroatoms. The first kappa shape index (κ1) is 28.2. The number of likely N-dealkylation sites (tertiary alicyclic amines) is 1. The van der Waals surface area contributed by atoms with Gasteiger partial charge in [0.1, 0.15) is 11.3 Å². The van der Waals surface area contributed by atoms with Crippen LogP contribution in [0.15, 0.2) is 42.1 Å². The van der Waals surface area contributed by atoms with Crippen LogP contribution in [0.4, 0.5) is 0 Å². The molecule has 0 saturated carbocycles. The van der Waals surface area contributed by atoms with Gasteiger partial charge in [-0.05, 0) is 56.5 Å². The summed E-state index contributed by atoms with van der Waals surface area (Å²) >= 11 is 0. The lowest BCUT2D eigenvalue weighted by Gasteiger charge is -2.25. The number of carbonyl (C=O) groups excluding carboxylic acids is 2. The lowest BCUT2D eigenvalue weighted by molar-refractivity contribution is -0.140. The van der Waals surface area contributed by atoms with Crippen LogP contribution < -0.4 is 9.47 Å². The highest BCUT2D eigenvalue weighted by atomic mass is 16.5. The minimum Gasteiger partial charge on any atom is -0.505 e. The van der Waals surface area contributed by atoms with E-state index in [9.17, 15) is 14.7 Å². The molecule has 1 saturated heterocycles. The minimum atomic E-state index is -0.848. The number of aromatic nitrogens is 2. The first-order chi connectivity index (χ1) is 18.8. The number of ketones is 1. The molecule has 1 aliphatic heterocycles. The van der Waals surface area contributed by atoms with Crippen LogP contribution in [0.3, 0.4) is 0 Å². The maximum absolute atomic E-state index is 13.4. The average Bonchev–Trinajstić information content (AvgIpc) is 3.40. The fraction of sp³-hybridized carbons (Fsp3) is 0.433. The maximum Gasteiger partial charge on any atom is 0.295 e. The van der Waals surface area contributed by atoms with E-state index in [4.69, 9.17) is 14.2 Å². The summed E-state index contributed by atoms with van der Waals surface area (Å²) in [7, 11) is 1.53. The molecular formula is C30H37N3O6. The molecule has 0 spiro atoms. The Morgan fingerprint density at radius 3 is 2.54 bits per heavy atom. The van der Waals surface area contributed by atoms with Crippen molar-refractivity contribution < 1.29 is 28.9 Å². The Morgan fingerprint density at radius 2 is 1.85 bits per heavy atom. The summed E-state index contributed by atoms with van der Waals surface area (Å²) in [6, 6.07) is 8.36. The summed E-state index contributed by atoms with van der Waals surface area (Å²) < 4.78 is 19.0. The van der Waals surface area contributed by atoms with Crippen LogP contribution >= 0.6 is 0 Å². The molecule has 1 aromatic carbocycles. The Morgan fingerprint density at radius 1 is 1.05 bits per heavy atom. The van der Waals surface area contributed by atoms with Gasteiger partial charge in [0, 0.05) is 19.9 Å². The number of methoxy groups -OCH3 is 1. The quantitative estimate of drug-likeness (QED) is 0.151. The molecule has 1 N–H and O–H groups in total. The number of amides is 1. The van der Waals surface area contributed by atoms with Crippen molar-refractivity contribution in [2.75, 3.05) is 33.5 Å². The van der Waals surface area contributed by atoms with Crippen molar-refractivity contribution in [3.63, 3.8) is 0 Å². The first-order valence-corrected chi connectivity index (χ1v) is 13.4. The number of benzene rings is 1. The van der Waals surface area contributed by atoms with Gasteiger partial charge < -0.3 is 28.6 Å². The lowest BCUT2D eigenvalue weighted by atomic mass is 9.96. The zero-order valence-electron chi connectivity index (χ0n) is 23.3. The molecule has 0 aliphatic carbocycles. The van der Waals surface area contributed by atoms with Gasteiger partial charge in [-0.15, -0.1) is 0 Å². The third kappa shape index (κ3) is 5.49. The molecule has 9 nitrogen and oxygen atoms in total. The number of imidazole rings is 1. The van der Waals surface area contributed by atoms with E-state index in [-0.39, 0.29) is 30.2 Å². The van der Waals surface area contributed by atoms with Gasteiger partial charge in [0.2, 0.25) is 0 Å². The summed E-state index contributed by atoms with van der Waals surface area (Å²) in [6.07, 6.45) is 4.94. The Labute approximate surface area is 229 Å².